The maximum Gasteiger partial charge on any atom is 0.239 e. The van der Waals surface area contributed by atoms with Crippen molar-refractivity contribution in [3.8, 4) is 5.75 Å². The molecule has 1 aliphatic rings. The Bertz CT molecular complexity index is 474. The van der Waals surface area contributed by atoms with Gasteiger partial charge in [-0.1, -0.05) is 11.6 Å². The van der Waals surface area contributed by atoms with Crippen LogP contribution in [0.1, 0.15) is 13.8 Å². The summed E-state index contributed by atoms with van der Waals surface area (Å²) in [5.41, 5.74) is 0.798. The van der Waals surface area contributed by atoms with Crippen molar-refractivity contribution in [3.63, 3.8) is 0 Å². The van der Waals surface area contributed by atoms with Gasteiger partial charge in [-0.3, -0.25) is 4.79 Å². The number of benzene rings is 1. The fraction of sp³-hybridized carbons (Fsp3) is 0.462. The molecule has 1 aromatic rings. The number of amides is 1. The van der Waals surface area contributed by atoms with Crippen LogP contribution >= 0.6 is 11.6 Å². The highest BCUT2D eigenvalue weighted by atomic mass is 35.5. The molecule has 0 radical (unpaired) electrons. The largest absolute Gasteiger partial charge is 0.495 e. The number of carbonyl (C=O) groups is 1. The third kappa shape index (κ3) is 2.38. The van der Waals surface area contributed by atoms with Crippen molar-refractivity contribution < 1.29 is 9.53 Å². The molecule has 4 nitrogen and oxygen atoms in total. The van der Waals surface area contributed by atoms with Crippen molar-refractivity contribution in [3.05, 3.63) is 23.2 Å². The number of carbonyl (C=O) groups excluding carboxylic acids is 1. The molecule has 18 heavy (non-hydrogen) atoms. The monoisotopic (exact) mass is 268 g/mol. The lowest BCUT2D eigenvalue weighted by Gasteiger charge is -2.43. The van der Waals surface area contributed by atoms with E-state index in [2.05, 4.69) is 24.1 Å². The van der Waals surface area contributed by atoms with Gasteiger partial charge in [0.15, 0.2) is 0 Å². The Hall–Kier alpha value is -1.42. The van der Waals surface area contributed by atoms with E-state index in [1.54, 1.807) is 7.11 Å². The molecule has 0 saturated carbocycles. The van der Waals surface area contributed by atoms with Crippen LogP contribution in [0.2, 0.25) is 5.02 Å². The third-order valence-corrected chi connectivity index (χ3v) is 3.49. The van der Waals surface area contributed by atoms with Crippen LogP contribution in [0.5, 0.6) is 5.75 Å². The fourth-order valence-electron chi connectivity index (χ4n) is 2.09. The third-order valence-electron chi connectivity index (χ3n) is 3.20. The van der Waals surface area contributed by atoms with Crippen LogP contribution < -0.4 is 15.0 Å². The van der Waals surface area contributed by atoms with Crippen molar-refractivity contribution in [1.29, 1.82) is 0 Å². The molecule has 1 N–H and O–H groups in total. The maximum atomic E-state index is 11.5. The molecule has 1 amide bonds. The van der Waals surface area contributed by atoms with Crippen molar-refractivity contribution in [2.75, 3.05) is 25.1 Å². The summed E-state index contributed by atoms with van der Waals surface area (Å²) >= 11 is 6.13. The number of hydrogen-bond acceptors (Lipinski definition) is 3. The molecule has 1 aliphatic heterocycles. The van der Waals surface area contributed by atoms with E-state index in [9.17, 15) is 4.79 Å². The van der Waals surface area contributed by atoms with E-state index in [0.717, 1.165) is 5.69 Å². The van der Waals surface area contributed by atoms with Gasteiger partial charge in [0.05, 0.1) is 24.2 Å². The summed E-state index contributed by atoms with van der Waals surface area (Å²) in [6.45, 7) is 5.14. The second kappa shape index (κ2) is 4.69. The number of methoxy groups -OCH3 is 1. The molecular weight excluding hydrogens is 252 g/mol. The molecule has 1 fully saturated rings. The Morgan fingerprint density at radius 3 is 2.78 bits per heavy atom. The molecule has 0 atom stereocenters. The summed E-state index contributed by atoms with van der Waals surface area (Å²) in [4.78, 5) is 13.6. The number of nitrogens with zero attached hydrogens (tertiary/aromatic N) is 1. The SMILES string of the molecule is COc1ccc(N2CC(=O)NCC2(C)C)cc1Cl. The first kappa shape index (κ1) is 13.0. The van der Waals surface area contributed by atoms with E-state index < -0.39 is 0 Å². The van der Waals surface area contributed by atoms with Crippen LogP contribution in [0, 0.1) is 0 Å². The molecule has 0 unspecified atom stereocenters. The molecule has 1 aromatic carbocycles. The fourth-order valence-corrected chi connectivity index (χ4v) is 2.34. The summed E-state index contributed by atoms with van der Waals surface area (Å²) in [6.07, 6.45) is 0. The Balaban J connectivity index is 2.34. The number of halogens is 1. The molecule has 0 aliphatic carbocycles. The Morgan fingerprint density at radius 2 is 2.17 bits per heavy atom. The van der Waals surface area contributed by atoms with E-state index >= 15 is 0 Å². The number of rotatable bonds is 2. The maximum absolute atomic E-state index is 11.5. The number of anilines is 1. The lowest BCUT2D eigenvalue weighted by atomic mass is 9.99. The number of nitrogens with one attached hydrogen (secondary N) is 1. The van der Waals surface area contributed by atoms with Crippen molar-refractivity contribution in [2.24, 2.45) is 0 Å². The van der Waals surface area contributed by atoms with Crippen LogP contribution in [0.15, 0.2) is 18.2 Å². The second-order valence-corrected chi connectivity index (χ2v) is 5.40. The van der Waals surface area contributed by atoms with E-state index in [1.165, 1.54) is 0 Å². The molecule has 2 rings (SSSR count). The van der Waals surface area contributed by atoms with Crippen LogP contribution in [0.3, 0.4) is 0 Å². The van der Waals surface area contributed by atoms with Gasteiger partial charge in [-0.15, -0.1) is 0 Å². The predicted molar refractivity (Wildman–Crippen MR) is 72.4 cm³/mol. The van der Waals surface area contributed by atoms with Crippen LogP contribution in [-0.2, 0) is 4.79 Å². The number of piperazine rings is 1. The lowest BCUT2D eigenvalue weighted by Crippen LogP contribution is -2.60. The van der Waals surface area contributed by atoms with Gasteiger partial charge in [-0.25, -0.2) is 0 Å². The van der Waals surface area contributed by atoms with Crippen LogP contribution in [-0.4, -0.2) is 31.6 Å². The van der Waals surface area contributed by atoms with E-state index in [0.29, 0.717) is 23.9 Å². The summed E-state index contributed by atoms with van der Waals surface area (Å²) in [6, 6.07) is 5.58. The zero-order valence-corrected chi connectivity index (χ0v) is 11.5. The zero-order chi connectivity index (χ0) is 13.3. The van der Waals surface area contributed by atoms with Crippen molar-refractivity contribution in [1.82, 2.24) is 5.32 Å². The minimum absolute atomic E-state index is 0.0289. The first-order valence-corrected chi connectivity index (χ1v) is 6.20. The van der Waals surface area contributed by atoms with Gasteiger partial charge in [0, 0.05) is 12.2 Å². The van der Waals surface area contributed by atoms with Gasteiger partial charge in [-0.2, -0.15) is 0 Å². The van der Waals surface area contributed by atoms with Crippen molar-refractivity contribution in [2.45, 2.75) is 19.4 Å². The highest BCUT2D eigenvalue weighted by Crippen LogP contribution is 2.32. The minimum atomic E-state index is -0.133. The highest BCUT2D eigenvalue weighted by molar-refractivity contribution is 6.32. The minimum Gasteiger partial charge on any atom is -0.495 e. The Morgan fingerprint density at radius 1 is 1.44 bits per heavy atom. The highest BCUT2D eigenvalue weighted by Gasteiger charge is 2.33. The van der Waals surface area contributed by atoms with Gasteiger partial charge in [-0.05, 0) is 32.0 Å². The van der Waals surface area contributed by atoms with Gasteiger partial charge in [0.2, 0.25) is 5.91 Å². The molecule has 1 heterocycles. The average Bonchev–Trinajstić information content (AvgIpc) is 2.32. The molecule has 98 valence electrons. The zero-order valence-electron chi connectivity index (χ0n) is 10.8. The van der Waals surface area contributed by atoms with Gasteiger partial charge in [0.25, 0.3) is 0 Å². The predicted octanol–water partition coefficient (Wildman–Crippen LogP) is 2.06. The molecule has 0 spiro atoms. The lowest BCUT2D eigenvalue weighted by molar-refractivity contribution is -0.121. The summed E-state index contributed by atoms with van der Waals surface area (Å²) < 4.78 is 5.13. The summed E-state index contributed by atoms with van der Waals surface area (Å²) in [7, 11) is 1.58. The molecular formula is C13H17ClN2O2. The normalized spacial score (nSPS) is 18.4. The Labute approximate surface area is 112 Å². The van der Waals surface area contributed by atoms with E-state index in [4.69, 9.17) is 16.3 Å². The quantitative estimate of drug-likeness (QED) is 0.893. The summed E-state index contributed by atoms with van der Waals surface area (Å²) in [5.74, 6) is 0.668. The van der Waals surface area contributed by atoms with E-state index in [-0.39, 0.29) is 11.4 Å². The molecule has 0 aromatic heterocycles. The standard InChI is InChI=1S/C13H17ClN2O2/c1-13(2)8-15-12(17)7-16(13)9-4-5-11(18-3)10(14)6-9/h4-6H,7-8H2,1-3H3,(H,15,17). The Kier molecular flexibility index (Phi) is 3.39. The van der Waals surface area contributed by atoms with E-state index in [1.807, 2.05) is 18.2 Å². The topological polar surface area (TPSA) is 41.6 Å². The van der Waals surface area contributed by atoms with Crippen LogP contribution in [0.25, 0.3) is 0 Å². The molecule has 1 saturated heterocycles. The first-order valence-electron chi connectivity index (χ1n) is 5.82. The molecule has 5 heteroatoms. The molecule has 0 bridgehead atoms. The number of hydrogen-bond donors (Lipinski definition) is 1. The van der Waals surface area contributed by atoms with Gasteiger partial charge in [0.1, 0.15) is 5.75 Å². The van der Waals surface area contributed by atoms with Crippen LogP contribution in [0.4, 0.5) is 5.69 Å². The smallest absolute Gasteiger partial charge is 0.239 e. The number of ether oxygens (including phenoxy) is 1. The van der Waals surface area contributed by atoms with Crippen molar-refractivity contribution >= 4 is 23.2 Å². The van der Waals surface area contributed by atoms with Gasteiger partial charge >= 0.3 is 0 Å². The summed E-state index contributed by atoms with van der Waals surface area (Å²) in [5, 5.41) is 3.42. The first-order chi connectivity index (χ1) is 8.44. The average molecular weight is 269 g/mol. The second-order valence-electron chi connectivity index (χ2n) is 4.99. The van der Waals surface area contributed by atoms with Gasteiger partial charge < -0.3 is 15.0 Å².